The van der Waals surface area contributed by atoms with Crippen LogP contribution in [0.5, 0.6) is 54.1 Å². The molecule has 117 heavy (non-hydrogen) atoms. The van der Waals surface area contributed by atoms with Crippen molar-refractivity contribution in [1.82, 2.24) is 44.9 Å². The summed E-state index contributed by atoms with van der Waals surface area (Å²) in [5, 5.41) is 0. The number of nitrogens with zero attached hydrogens (tertiary/aromatic N) is 9. The highest BCUT2D eigenvalue weighted by molar-refractivity contribution is 5.17. The Hall–Kier alpha value is -8.55. The maximum absolute atomic E-state index is 14.6. The molecule has 4 rings (SSSR count). The van der Waals surface area contributed by atoms with Crippen LogP contribution in [-0.4, -0.2) is 246 Å². The molecule has 18 nitrogen and oxygen atoms in total. The highest BCUT2D eigenvalue weighted by Crippen LogP contribution is 2.60. The van der Waals surface area contributed by atoms with E-state index in [9.17, 15) is 237 Å². The number of rotatable bonds is 36. The van der Waals surface area contributed by atoms with Gasteiger partial charge in [0, 0.05) is 19.3 Å². The molecule has 0 unspecified atom stereocenters. The molecule has 1 aliphatic carbocycles. The highest BCUT2D eigenvalue weighted by Gasteiger charge is 2.87. The Bertz CT molecular complexity index is 3290. The van der Waals surface area contributed by atoms with Gasteiger partial charge in [-0.25, -0.2) is 0 Å². The first kappa shape index (κ1) is 101. The third kappa shape index (κ3) is 19.2. The van der Waals surface area contributed by atoms with Crippen LogP contribution >= 0.6 is 0 Å². The van der Waals surface area contributed by atoms with E-state index in [1.807, 2.05) is 0 Å². The molecule has 0 bridgehead atoms. The second-order valence-electron chi connectivity index (χ2n) is 22.3. The molecular weight excluding hydrogens is 1840 g/mol. The fraction of sp³-hybridized carbons (Fsp3) is 0.800. The third-order valence-corrected chi connectivity index (χ3v) is 13.7. The predicted octanol–water partition coefficient (Wildman–Crippen LogP) is 17.2. The number of ether oxygens (including phenoxy) is 9. The Morgan fingerprint density at radius 3 is 0.368 bits per heavy atom. The summed E-state index contributed by atoms with van der Waals surface area (Å²) in [6.07, 6.45) is -61.7. The van der Waals surface area contributed by atoms with Crippen LogP contribution in [0, 0.1) is 0 Å². The Kier molecular flexibility index (Phi) is 26.6. The Morgan fingerprint density at radius 2 is 0.265 bits per heavy atom. The molecule has 678 valence electrons. The van der Waals surface area contributed by atoms with Crippen LogP contribution in [0.4, 0.5) is 237 Å². The van der Waals surface area contributed by atoms with E-state index in [1.54, 1.807) is 0 Å². The molecule has 0 N–H and O–H groups in total. The number of aromatic nitrogens is 9. The van der Waals surface area contributed by atoms with Crippen LogP contribution in [0.3, 0.4) is 0 Å². The van der Waals surface area contributed by atoms with Crippen LogP contribution in [0.25, 0.3) is 0 Å². The van der Waals surface area contributed by atoms with E-state index in [1.165, 1.54) is 0 Å². The highest BCUT2D eigenvalue weighted by atomic mass is 19.5. The fourth-order valence-electron chi connectivity index (χ4n) is 7.33. The summed E-state index contributed by atoms with van der Waals surface area (Å²) in [5.41, 5.74) is 0. The summed E-state index contributed by atoms with van der Waals surface area (Å²) < 4.78 is 779. The minimum Gasteiger partial charge on any atom is -0.460 e. The molecule has 1 saturated carbocycles. The molecule has 3 aromatic heterocycles. The molecule has 72 heteroatoms. The van der Waals surface area contributed by atoms with E-state index in [0.29, 0.717) is 0 Å². The van der Waals surface area contributed by atoms with Crippen molar-refractivity contribution in [2.75, 3.05) is 39.6 Å². The normalized spacial score (nSPS) is 17.8. The van der Waals surface area contributed by atoms with Gasteiger partial charge in [-0.15, -0.1) is 44.9 Å². The zero-order valence-electron chi connectivity index (χ0n) is 52.7. The lowest BCUT2D eigenvalue weighted by Crippen LogP contribution is -2.62. The molecular formula is C45H21F54N9O9. The van der Waals surface area contributed by atoms with Crippen molar-refractivity contribution < 1.29 is 280 Å². The quantitative estimate of drug-likeness (QED) is 0.0497. The van der Waals surface area contributed by atoms with Crippen molar-refractivity contribution in [3.05, 3.63) is 0 Å². The van der Waals surface area contributed by atoms with Gasteiger partial charge in [-0.2, -0.15) is 237 Å². The van der Waals surface area contributed by atoms with Crippen molar-refractivity contribution >= 4 is 0 Å². The van der Waals surface area contributed by atoms with Crippen molar-refractivity contribution in [2.24, 2.45) is 0 Å². The molecule has 0 aromatic carbocycles. The smallest absolute Gasteiger partial charge is 0.460 e. The number of hydrogen-bond donors (Lipinski definition) is 0. The molecule has 0 amide bonds. The summed E-state index contributed by atoms with van der Waals surface area (Å²) in [5.74, 6) is -138. The molecule has 1 fully saturated rings. The van der Waals surface area contributed by atoms with Gasteiger partial charge in [0.2, 0.25) is 0 Å². The van der Waals surface area contributed by atoms with Crippen molar-refractivity contribution in [3.63, 3.8) is 0 Å². The summed E-state index contributed by atoms with van der Waals surface area (Å²) in [6, 6.07) is -24.5. The minimum atomic E-state index is -7.98. The molecule has 0 saturated heterocycles. The van der Waals surface area contributed by atoms with E-state index in [-0.39, 0.29) is 0 Å². The third-order valence-electron chi connectivity index (χ3n) is 13.7. The maximum Gasteiger partial charge on any atom is 0.460 e. The van der Waals surface area contributed by atoms with Crippen LogP contribution in [0.1, 0.15) is 19.3 Å². The molecule has 3 aromatic rings. The zero-order chi connectivity index (χ0) is 92.0. The van der Waals surface area contributed by atoms with Gasteiger partial charge in [-0.3, -0.25) is 0 Å². The largest absolute Gasteiger partial charge is 0.460 e. The number of hydrogen-bond acceptors (Lipinski definition) is 18. The first-order chi connectivity index (χ1) is 51.3. The second kappa shape index (κ2) is 30.9. The lowest BCUT2D eigenvalue weighted by Gasteiger charge is -2.34. The average molecular weight is 1860 g/mol. The second-order valence-corrected chi connectivity index (χ2v) is 22.3. The first-order valence-electron chi connectivity index (χ1n) is 27.6. The van der Waals surface area contributed by atoms with Gasteiger partial charge in [0.15, 0.2) is 39.6 Å². The zero-order valence-corrected chi connectivity index (χ0v) is 52.7. The van der Waals surface area contributed by atoms with E-state index in [0.717, 1.165) is 0 Å². The standard InChI is InChI=1S/C45H21F54N9O9/c46-22(47,28(58,59)34(70,71)40(82,83)84)4-109-13-100-14(110-5-23(48,49)29(60,61)35(72,73)41(85,86)87)104-19(103-13)115-10-1-11(116-20-105-15(111-6-24(50,51)30(62,63)36(74,75)42(88,89)90)101-16(106-20)112-7-25(52,53)31(64,65)37(76,77)43(91,92)93)3-12(2-10)117-21-107-17(113-8-26(54,55)32(66,67)38(78,79)44(94,95)96)102-18(108-21)114-9-27(56,57)33(68,69)39(80,81)45(97,98)99/h10-12H,1-9H2. The van der Waals surface area contributed by atoms with Crippen LogP contribution in [-0.2, 0) is 0 Å². The van der Waals surface area contributed by atoms with Gasteiger partial charge in [-0.05, 0) is 0 Å². The van der Waals surface area contributed by atoms with Crippen LogP contribution in [0.15, 0.2) is 0 Å². The minimum absolute atomic E-state index is 1.94. The summed E-state index contributed by atoms with van der Waals surface area (Å²) in [4.78, 5) is 22.2. The lowest BCUT2D eigenvalue weighted by atomic mass is 9.92. The van der Waals surface area contributed by atoms with E-state index >= 15 is 0 Å². The topological polar surface area (TPSA) is 199 Å². The monoisotopic (exact) mass is 1860 g/mol. The summed E-state index contributed by atoms with van der Waals surface area (Å²) in [6.45, 7) is -23.4. The lowest BCUT2D eigenvalue weighted by molar-refractivity contribution is -0.398. The number of halogens is 54. The molecule has 0 spiro atoms. The Morgan fingerprint density at radius 1 is 0.162 bits per heavy atom. The van der Waals surface area contributed by atoms with Gasteiger partial charge in [0.1, 0.15) is 18.3 Å². The van der Waals surface area contributed by atoms with E-state index < -0.39 is 275 Å². The molecule has 3 heterocycles. The first-order valence-corrected chi connectivity index (χ1v) is 27.6. The summed E-state index contributed by atoms with van der Waals surface area (Å²) in [7, 11) is 0. The number of alkyl halides is 54. The van der Waals surface area contributed by atoms with E-state index in [2.05, 4.69) is 73.3 Å². The van der Waals surface area contributed by atoms with Crippen molar-refractivity contribution in [1.29, 1.82) is 0 Å². The van der Waals surface area contributed by atoms with Gasteiger partial charge in [0.05, 0.1) is 0 Å². The van der Waals surface area contributed by atoms with Gasteiger partial charge >= 0.3 is 198 Å². The van der Waals surface area contributed by atoms with E-state index in [4.69, 9.17) is 14.2 Å². The molecule has 1 aliphatic rings. The fourth-order valence-corrected chi connectivity index (χ4v) is 7.33. The SMILES string of the molecule is FC(F)(F)C(F)(F)C(F)(F)C(F)(F)COc1nc(OCC(F)(F)C(F)(F)C(F)(F)C(F)(F)F)nc(OC2CC(Oc3nc(OCC(F)(F)C(F)(F)C(F)(F)C(F)(F)F)nc(OCC(F)(F)C(F)(F)C(F)(F)C(F)(F)F)n3)CC(Oc3nc(OCC(F)(F)C(F)(F)C(F)(F)C(F)(F)F)nc(OCC(F)(F)C(F)(F)C(F)(F)C(F)(F)F)n3)C2)n1. The predicted molar refractivity (Wildman–Crippen MR) is 245 cm³/mol. The summed E-state index contributed by atoms with van der Waals surface area (Å²) >= 11 is 0. The molecule has 0 aliphatic heterocycles. The van der Waals surface area contributed by atoms with Crippen LogP contribution < -0.4 is 42.6 Å². The molecule has 0 radical (unpaired) electrons. The van der Waals surface area contributed by atoms with Gasteiger partial charge < -0.3 is 42.6 Å². The van der Waals surface area contributed by atoms with Gasteiger partial charge in [-0.1, -0.05) is 0 Å². The average Bonchev–Trinajstić information content (AvgIpc) is 0.770. The van der Waals surface area contributed by atoms with Crippen LogP contribution in [0.2, 0.25) is 0 Å². The molecule has 0 atom stereocenters. The Balaban J connectivity index is 2.12. The maximum atomic E-state index is 14.6. The Labute approximate surface area is 600 Å². The van der Waals surface area contributed by atoms with Crippen molar-refractivity contribution in [2.45, 2.75) is 181 Å². The van der Waals surface area contributed by atoms with Gasteiger partial charge in [0.25, 0.3) is 0 Å². The van der Waals surface area contributed by atoms with Crippen molar-refractivity contribution in [3.8, 4) is 54.1 Å².